The fourth-order valence-electron chi connectivity index (χ4n) is 2.36. The fourth-order valence-corrected chi connectivity index (χ4v) is 3.87. The summed E-state index contributed by atoms with van der Waals surface area (Å²) in [4.78, 5) is 20.5. The van der Waals surface area contributed by atoms with E-state index >= 15 is 0 Å². The third-order valence-corrected chi connectivity index (χ3v) is 5.58. The number of thiazole rings is 1. The van der Waals surface area contributed by atoms with Gasteiger partial charge < -0.3 is 10.4 Å². The third kappa shape index (κ3) is 3.15. The van der Waals surface area contributed by atoms with Gasteiger partial charge in [-0.05, 0) is 27.6 Å². The lowest BCUT2D eigenvalue weighted by Crippen LogP contribution is -2.34. The number of benzene rings is 1. The molecule has 0 amide bonds. The van der Waals surface area contributed by atoms with E-state index < -0.39 is 17.8 Å². The number of amidine groups is 1. The third-order valence-electron chi connectivity index (χ3n) is 3.40. The summed E-state index contributed by atoms with van der Waals surface area (Å²) in [5.41, 5.74) is 0.976. The Kier molecular flexibility index (Phi) is 5.12. The number of rotatable bonds is 4. The molecule has 2 heterocycles. The minimum Gasteiger partial charge on any atom is -0.478 e. The monoisotopic (exact) mass is 473 g/mol. The molecule has 1 aromatic heterocycles. The van der Waals surface area contributed by atoms with Crippen LogP contribution in [0.25, 0.3) is 0 Å². The molecule has 1 atom stereocenters. The molecule has 0 fully saturated rings. The number of allylic oxidation sites excluding steroid dienone is 1. The fraction of sp³-hybridized carbons (Fsp3) is 0.133. The lowest BCUT2D eigenvalue weighted by molar-refractivity contribution is -0.133. The molecule has 0 saturated carbocycles. The van der Waals surface area contributed by atoms with Crippen LogP contribution < -0.4 is 5.32 Å². The number of aliphatic imine (C=N–C) groups is 1. The van der Waals surface area contributed by atoms with Gasteiger partial charge in [-0.15, -0.1) is 11.3 Å². The van der Waals surface area contributed by atoms with E-state index in [1.54, 1.807) is 17.6 Å². The number of nitrogens with one attached hydrogen (secondary N) is 1. The zero-order valence-corrected chi connectivity index (χ0v) is 16.0. The highest BCUT2D eigenvalue weighted by atomic mass is 79.9. The molecule has 5 nitrogen and oxygen atoms in total. The van der Waals surface area contributed by atoms with Crippen molar-refractivity contribution < 1.29 is 14.3 Å². The standard InChI is InChI=1S/C15H10Br2FN3O2S/c16-6-9-10(15(22)23)12(7-2-1-3-8(18)11(7)17)21-13(20-9)14-19-4-5-24-14/h1-5,12H,6H2,(H,20,21)(H,22,23)/t12-/m0/s1. The van der Waals surface area contributed by atoms with Crippen molar-refractivity contribution in [3.8, 4) is 0 Å². The number of hydrogen-bond donors (Lipinski definition) is 2. The summed E-state index contributed by atoms with van der Waals surface area (Å²) < 4.78 is 14.1. The summed E-state index contributed by atoms with van der Waals surface area (Å²) in [5, 5.41) is 15.4. The van der Waals surface area contributed by atoms with Crippen molar-refractivity contribution in [1.29, 1.82) is 0 Å². The van der Waals surface area contributed by atoms with E-state index in [0.717, 1.165) is 0 Å². The van der Waals surface area contributed by atoms with Crippen molar-refractivity contribution in [3.63, 3.8) is 0 Å². The van der Waals surface area contributed by atoms with Crippen molar-refractivity contribution in [3.05, 3.63) is 61.9 Å². The molecule has 0 spiro atoms. The van der Waals surface area contributed by atoms with E-state index in [2.05, 4.69) is 47.2 Å². The predicted octanol–water partition coefficient (Wildman–Crippen LogP) is 3.87. The van der Waals surface area contributed by atoms with E-state index in [1.807, 2.05) is 0 Å². The van der Waals surface area contributed by atoms with Gasteiger partial charge in [-0.1, -0.05) is 28.1 Å². The van der Waals surface area contributed by atoms with Crippen molar-refractivity contribution >= 4 is 55.0 Å². The predicted molar refractivity (Wildman–Crippen MR) is 97.1 cm³/mol. The summed E-state index contributed by atoms with van der Waals surface area (Å²) >= 11 is 7.88. The highest BCUT2D eigenvalue weighted by molar-refractivity contribution is 9.10. The van der Waals surface area contributed by atoms with Gasteiger partial charge in [-0.2, -0.15) is 0 Å². The van der Waals surface area contributed by atoms with Crippen molar-refractivity contribution in [1.82, 2.24) is 10.3 Å². The molecule has 0 radical (unpaired) electrons. The molecule has 124 valence electrons. The molecular formula is C15H10Br2FN3O2S. The van der Waals surface area contributed by atoms with Gasteiger partial charge in [0.1, 0.15) is 11.9 Å². The summed E-state index contributed by atoms with van der Waals surface area (Å²) in [6.45, 7) is 0. The first-order chi connectivity index (χ1) is 11.5. The number of carbonyl (C=O) groups is 1. The second kappa shape index (κ2) is 7.12. The van der Waals surface area contributed by atoms with E-state index in [9.17, 15) is 14.3 Å². The van der Waals surface area contributed by atoms with Crippen molar-refractivity contribution in [2.24, 2.45) is 4.99 Å². The van der Waals surface area contributed by atoms with E-state index in [4.69, 9.17) is 0 Å². The topological polar surface area (TPSA) is 74.6 Å². The van der Waals surface area contributed by atoms with Gasteiger partial charge in [0, 0.05) is 22.6 Å². The summed E-state index contributed by atoms with van der Waals surface area (Å²) in [6, 6.07) is 3.64. The Bertz CT molecular complexity index is 852. The molecule has 3 rings (SSSR count). The van der Waals surface area contributed by atoms with Crippen molar-refractivity contribution in [2.75, 3.05) is 5.33 Å². The number of aromatic nitrogens is 1. The number of aliphatic carboxylic acids is 1. The van der Waals surface area contributed by atoms with Gasteiger partial charge in [0.15, 0.2) is 10.8 Å². The lowest BCUT2D eigenvalue weighted by Gasteiger charge is -2.25. The van der Waals surface area contributed by atoms with Crippen LogP contribution in [-0.2, 0) is 4.79 Å². The van der Waals surface area contributed by atoms with E-state index in [0.29, 0.717) is 27.4 Å². The number of carboxylic acids is 1. The first-order valence-electron chi connectivity index (χ1n) is 6.73. The maximum Gasteiger partial charge on any atom is 0.335 e. The number of nitrogens with zero attached hydrogens (tertiary/aromatic N) is 2. The molecule has 2 aromatic rings. The second-order valence-electron chi connectivity index (χ2n) is 4.82. The SMILES string of the molecule is O=C(O)C1=C(CBr)NC(c2nccs2)=N[C@H]1c1cccc(F)c1Br. The molecule has 0 aliphatic carbocycles. The van der Waals surface area contributed by atoms with Gasteiger partial charge in [0.25, 0.3) is 0 Å². The Morgan fingerprint density at radius 2 is 2.25 bits per heavy atom. The molecule has 1 aromatic carbocycles. The lowest BCUT2D eigenvalue weighted by atomic mass is 9.96. The van der Waals surface area contributed by atoms with Crippen LogP contribution in [-0.4, -0.2) is 27.2 Å². The van der Waals surface area contributed by atoms with Crippen molar-refractivity contribution in [2.45, 2.75) is 6.04 Å². The Morgan fingerprint density at radius 3 is 2.88 bits per heavy atom. The maximum atomic E-state index is 13.9. The Hall–Kier alpha value is -1.58. The molecule has 0 unspecified atom stereocenters. The van der Waals surface area contributed by atoms with Gasteiger partial charge in [-0.25, -0.2) is 14.2 Å². The molecule has 2 N–H and O–H groups in total. The Balaban J connectivity index is 2.19. The number of hydrogen-bond acceptors (Lipinski definition) is 5. The van der Waals surface area contributed by atoms with Crippen LogP contribution in [0, 0.1) is 5.82 Å². The minimum atomic E-state index is -1.11. The van der Waals surface area contributed by atoms with Crippen LogP contribution >= 0.6 is 43.2 Å². The van der Waals surface area contributed by atoms with E-state index in [1.165, 1.54) is 23.5 Å². The smallest absolute Gasteiger partial charge is 0.335 e. The molecule has 1 aliphatic heterocycles. The first kappa shape index (κ1) is 17.2. The van der Waals surface area contributed by atoms with Crippen LogP contribution in [0.15, 0.2) is 50.5 Å². The van der Waals surface area contributed by atoms with Gasteiger partial charge in [0.2, 0.25) is 0 Å². The average Bonchev–Trinajstić information content (AvgIpc) is 3.10. The second-order valence-corrected chi connectivity index (χ2v) is 7.06. The Labute approximate surface area is 157 Å². The summed E-state index contributed by atoms with van der Waals surface area (Å²) in [6.07, 6.45) is 1.64. The van der Waals surface area contributed by atoms with E-state index in [-0.39, 0.29) is 10.0 Å². The highest BCUT2D eigenvalue weighted by Gasteiger charge is 2.32. The number of halogens is 3. The highest BCUT2D eigenvalue weighted by Crippen LogP contribution is 2.37. The number of alkyl halides is 1. The van der Waals surface area contributed by atoms with Gasteiger partial charge in [0.05, 0.1) is 10.0 Å². The van der Waals surface area contributed by atoms with Gasteiger partial charge >= 0.3 is 5.97 Å². The van der Waals surface area contributed by atoms with Crippen LogP contribution in [0.2, 0.25) is 0 Å². The minimum absolute atomic E-state index is 0.0680. The molecular weight excluding hydrogens is 465 g/mol. The maximum absolute atomic E-state index is 13.9. The average molecular weight is 475 g/mol. The summed E-state index contributed by atoms with van der Waals surface area (Å²) in [7, 11) is 0. The molecule has 24 heavy (non-hydrogen) atoms. The summed E-state index contributed by atoms with van der Waals surface area (Å²) in [5.74, 6) is -1.12. The zero-order valence-electron chi connectivity index (χ0n) is 12.0. The normalized spacial score (nSPS) is 17.5. The Morgan fingerprint density at radius 1 is 1.46 bits per heavy atom. The quantitative estimate of drug-likeness (QED) is 0.659. The van der Waals surface area contributed by atoms with Crippen LogP contribution in [0.3, 0.4) is 0 Å². The van der Waals surface area contributed by atoms with Crippen LogP contribution in [0.4, 0.5) is 4.39 Å². The largest absolute Gasteiger partial charge is 0.478 e. The number of carboxylic acid groups (broad SMARTS) is 1. The first-order valence-corrected chi connectivity index (χ1v) is 9.53. The van der Waals surface area contributed by atoms with Gasteiger partial charge in [-0.3, -0.25) is 4.99 Å². The molecule has 9 heteroatoms. The molecule has 1 aliphatic rings. The molecule has 0 saturated heterocycles. The van der Waals surface area contributed by atoms with Crippen LogP contribution in [0.5, 0.6) is 0 Å². The zero-order chi connectivity index (χ0) is 17.3. The van der Waals surface area contributed by atoms with Crippen LogP contribution in [0.1, 0.15) is 16.6 Å². The molecule has 0 bridgehead atoms.